The lowest BCUT2D eigenvalue weighted by atomic mass is 10.00. The maximum absolute atomic E-state index is 13.1. The molecule has 0 amide bonds. The van der Waals surface area contributed by atoms with E-state index < -0.39 is 97.5 Å². The van der Waals surface area contributed by atoms with Gasteiger partial charge in [-0.15, -0.1) is 0 Å². The van der Waals surface area contributed by atoms with Gasteiger partial charge in [0, 0.05) is 25.7 Å². The highest BCUT2D eigenvalue weighted by Crippen LogP contribution is 2.45. The van der Waals surface area contributed by atoms with Gasteiger partial charge in [-0.3, -0.25) is 37.3 Å². The van der Waals surface area contributed by atoms with Crippen LogP contribution in [0.15, 0.2) is 0 Å². The van der Waals surface area contributed by atoms with Crippen molar-refractivity contribution < 1.29 is 80.2 Å². The van der Waals surface area contributed by atoms with Crippen LogP contribution in [-0.4, -0.2) is 96.7 Å². The van der Waals surface area contributed by atoms with Gasteiger partial charge in [-0.05, 0) is 43.4 Å². The largest absolute Gasteiger partial charge is 0.472 e. The second kappa shape index (κ2) is 64.7. The molecule has 0 aromatic carbocycles. The van der Waals surface area contributed by atoms with Gasteiger partial charge in [0.25, 0.3) is 0 Å². The molecule has 0 spiro atoms. The summed E-state index contributed by atoms with van der Waals surface area (Å²) in [5.74, 6) is 0.0437. The van der Waals surface area contributed by atoms with Crippen LogP contribution in [0.4, 0.5) is 0 Å². The maximum Gasteiger partial charge on any atom is 0.472 e. The van der Waals surface area contributed by atoms with Gasteiger partial charge in [0.05, 0.1) is 26.4 Å². The van der Waals surface area contributed by atoms with Crippen molar-refractivity contribution in [2.45, 2.75) is 394 Å². The number of esters is 4. The molecule has 0 heterocycles. The van der Waals surface area contributed by atoms with Crippen molar-refractivity contribution in [3.05, 3.63) is 0 Å². The summed E-state index contributed by atoms with van der Waals surface area (Å²) >= 11 is 0. The number of aliphatic hydroxyl groups is 1. The Balaban J connectivity index is 5.20. The molecular formula is C74H144O17P2. The van der Waals surface area contributed by atoms with Crippen molar-refractivity contribution in [3.63, 3.8) is 0 Å². The Morgan fingerprint density at radius 1 is 0.312 bits per heavy atom. The SMILES string of the molecule is CCCCCCCCCCCCCCCCCCCCCCC(=O)O[C@H](COC(=O)CCCCCCCCCCCCCC(C)C)COP(=O)(O)OC[C@@H](O)COP(=O)(O)OC[C@@H](COC(=O)CCCCCCCCC(C)C)OC(=O)CCCCCCCCC(C)CC. The van der Waals surface area contributed by atoms with Gasteiger partial charge in [-0.25, -0.2) is 9.13 Å². The quantitative estimate of drug-likeness (QED) is 0.0222. The van der Waals surface area contributed by atoms with Crippen LogP contribution in [0, 0.1) is 17.8 Å². The fourth-order valence-electron chi connectivity index (χ4n) is 11.2. The predicted molar refractivity (Wildman–Crippen MR) is 377 cm³/mol. The zero-order valence-corrected chi connectivity index (χ0v) is 62.5. The van der Waals surface area contributed by atoms with Crippen LogP contribution < -0.4 is 0 Å². The molecule has 0 saturated heterocycles. The fourth-order valence-corrected chi connectivity index (χ4v) is 12.8. The van der Waals surface area contributed by atoms with E-state index in [1.807, 2.05) is 0 Å². The van der Waals surface area contributed by atoms with Gasteiger partial charge < -0.3 is 33.8 Å². The third-order valence-electron chi connectivity index (χ3n) is 17.5. The summed E-state index contributed by atoms with van der Waals surface area (Å²) < 4.78 is 68.4. The highest BCUT2D eigenvalue weighted by Gasteiger charge is 2.30. The maximum atomic E-state index is 13.1. The van der Waals surface area contributed by atoms with Crippen LogP contribution in [0.3, 0.4) is 0 Å². The van der Waals surface area contributed by atoms with E-state index in [4.69, 9.17) is 37.0 Å². The second-order valence-electron chi connectivity index (χ2n) is 27.9. The Bertz CT molecular complexity index is 1820. The number of carbonyl (C=O) groups is 4. The molecule has 0 aliphatic carbocycles. The van der Waals surface area contributed by atoms with Crippen LogP contribution in [0.2, 0.25) is 0 Å². The first kappa shape index (κ1) is 91.1. The zero-order chi connectivity index (χ0) is 68.7. The van der Waals surface area contributed by atoms with E-state index in [1.54, 1.807) is 0 Å². The molecule has 17 nitrogen and oxygen atoms in total. The molecule has 3 unspecified atom stereocenters. The number of hydrogen-bond donors (Lipinski definition) is 3. The Morgan fingerprint density at radius 3 is 0.817 bits per heavy atom. The number of carbonyl (C=O) groups excluding carboxylic acids is 4. The minimum absolute atomic E-state index is 0.102. The monoisotopic (exact) mass is 1370 g/mol. The summed E-state index contributed by atoms with van der Waals surface area (Å²) in [4.78, 5) is 72.6. The summed E-state index contributed by atoms with van der Waals surface area (Å²) in [7, 11) is -9.91. The van der Waals surface area contributed by atoms with Gasteiger partial charge in [0.1, 0.15) is 19.3 Å². The van der Waals surface area contributed by atoms with Crippen LogP contribution in [-0.2, 0) is 65.4 Å². The van der Waals surface area contributed by atoms with E-state index in [0.717, 1.165) is 108 Å². The molecule has 19 heteroatoms. The summed E-state index contributed by atoms with van der Waals surface area (Å²) in [5, 5.41) is 10.6. The molecule has 0 radical (unpaired) electrons. The van der Waals surface area contributed by atoms with Crippen molar-refractivity contribution in [1.29, 1.82) is 0 Å². The molecule has 0 aromatic rings. The molecule has 552 valence electrons. The molecule has 0 bridgehead atoms. The highest BCUT2D eigenvalue weighted by molar-refractivity contribution is 7.47. The van der Waals surface area contributed by atoms with E-state index in [2.05, 4.69) is 48.5 Å². The van der Waals surface area contributed by atoms with Crippen molar-refractivity contribution in [2.24, 2.45) is 17.8 Å². The summed E-state index contributed by atoms with van der Waals surface area (Å²) in [6.07, 6.45) is 50.3. The fraction of sp³-hybridized carbons (Fsp3) is 0.946. The standard InChI is InChI=1S/C74H144O17P2/c1-8-10-11-12-13-14-15-16-17-18-19-20-21-22-23-26-30-33-43-50-57-73(78)90-69(61-84-71(76)55-48-41-32-29-27-24-25-28-31-38-45-52-65(3)4)63-88-92(80,81)86-59-68(75)60-87-93(82,83)89-64-70(62-85-72(77)56-49-42-36-34-39-46-53-66(5)6)91-74(79)58-51-44-37-35-40-47-54-67(7)9-2/h65-70,75H,8-64H2,1-7H3,(H,80,81)(H,82,83)/t67?,68-,69-,70-/m1/s1. The van der Waals surface area contributed by atoms with Crippen molar-refractivity contribution in [3.8, 4) is 0 Å². The van der Waals surface area contributed by atoms with Gasteiger partial charge >= 0.3 is 39.5 Å². The van der Waals surface area contributed by atoms with Crippen LogP contribution >= 0.6 is 15.6 Å². The topological polar surface area (TPSA) is 237 Å². The average Bonchev–Trinajstić information content (AvgIpc) is 1.66. The number of ether oxygens (including phenoxy) is 4. The lowest BCUT2D eigenvalue weighted by molar-refractivity contribution is -0.161. The minimum atomic E-state index is -4.96. The molecular weight excluding hydrogens is 1220 g/mol. The number of aliphatic hydroxyl groups excluding tert-OH is 1. The molecule has 93 heavy (non-hydrogen) atoms. The molecule has 0 rings (SSSR count). The zero-order valence-electron chi connectivity index (χ0n) is 60.7. The highest BCUT2D eigenvalue weighted by atomic mass is 31.2. The molecule has 6 atom stereocenters. The average molecular weight is 1370 g/mol. The number of hydrogen-bond acceptors (Lipinski definition) is 15. The van der Waals surface area contributed by atoms with E-state index in [0.29, 0.717) is 31.6 Å². The third-order valence-corrected chi connectivity index (χ3v) is 19.4. The molecule has 0 aromatic heterocycles. The van der Waals surface area contributed by atoms with E-state index >= 15 is 0 Å². The molecule has 0 aliphatic rings. The van der Waals surface area contributed by atoms with Crippen molar-refractivity contribution >= 4 is 39.5 Å². The molecule has 3 N–H and O–H groups in total. The van der Waals surface area contributed by atoms with Crippen molar-refractivity contribution in [1.82, 2.24) is 0 Å². The summed E-state index contributed by atoms with van der Waals surface area (Å²) in [6, 6.07) is 0. The van der Waals surface area contributed by atoms with Gasteiger partial charge in [0.15, 0.2) is 12.2 Å². The molecule has 0 saturated carbocycles. The van der Waals surface area contributed by atoms with E-state index in [1.165, 1.54) is 180 Å². The molecule has 0 aliphatic heterocycles. The van der Waals surface area contributed by atoms with Crippen LogP contribution in [0.1, 0.15) is 376 Å². The van der Waals surface area contributed by atoms with E-state index in [9.17, 15) is 43.2 Å². The Labute approximate surface area is 568 Å². The lowest BCUT2D eigenvalue weighted by Gasteiger charge is -2.21. The predicted octanol–water partition coefficient (Wildman–Crippen LogP) is 21.4. The van der Waals surface area contributed by atoms with E-state index in [-0.39, 0.29) is 25.7 Å². The second-order valence-corrected chi connectivity index (χ2v) is 30.8. The first-order chi connectivity index (χ1) is 44.8. The normalized spacial score (nSPS) is 14.4. The first-order valence-corrected chi connectivity index (χ1v) is 41.4. The Hall–Kier alpha value is -1.94. The molecule has 0 fully saturated rings. The first-order valence-electron chi connectivity index (χ1n) is 38.4. The van der Waals surface area contributed by atoms with Gasteiger partial charge in [-0.2, -0.15) is 0 Å². The lowest BCUT2D eigenvalue weighted by Crippen LogP contribution is -2.30. The number of unbranched alkanes of at least 4 members (excludes halogenated alkanes) is 39. The minimum Gasteiger partial charge on any atom is -0.462 e. The Kier molecular flexibility index (Phi) is 63.4. The third kappa shape index (κ3) is 67.0. The van der Waals surface area contributed by atoms with Crippen LogP contribution in [0.5, 0.6) is 0 Å². The number of rotatable bonds is 72. The van der Waals surface area contributed by atoms with Gasteiger partial charge in [0.2, 0.25) is 0 Å². The van der Waals surface area contributed by atoms with Gasteiger partial charge in [-0.1, -0.05) is 325 Å². The summed E-state index contributed by atoms with van der Waals surface area (Å²) in [5.41, 5.74) is 0. The Morgan fingerprint density at radius 2 is 0.548 bits per heavy atom. The summed E-state index contributed by atoms with van der Waals surface area (Å²) in [6.45, 7) is 11.7. The van der Waals surface area contributed by atoms with Crippen LogP contribution in [0.25, 0.3) is 0 Å². The number of phosphoric ester groups is 2. The smallest absolute Gasteiger partial charge is 0.462 e. The number of phosphoric acid groups is 2. The van der Waals surface area contributed by atoms with Crippen molar-refractivity contribution in [2.75, 3.05) is 39.6 Å².